The van der Waals surface area contributed by atoms with Gasteiger partial charge in [-0.3, -0.25) is 14.4 Å². The molecule has 0 bridgehead atoms. The molecule has 1 saturated carbocycles. The summed E-state index contributed by atoms with van der Waals surface area (Å²) >= 11 is 0. The van der Waals surface area contributed by atoms with Gasteiger partial charge in [0.2, 0.25) is 5.43 Å². The fourth-order valence-electron chi connectivity index (χ4n) is 5.79. The molecule has 7 nitrogen and oxygen atoms in total. The van der Waals surface area contributed by atoms with Gasteiger partial charge in [-0.2, -0.15) is 0 Å². The second-order valence-electron chi connectivity index (χ2n) is 10.4. The van der Waals surface area contributed by atoms with Crippen molar-refractivity contribution in [1.29, 1.82) is 0 Å². The van der Waals surface area contributed by atoms with Crippen LogP contribution in [0.5, 0.6) is 0 Å². The summed E-state index contributed by atoms with van der Waals surface area (Å²) in [4.78, 5) is 41.4. The van der Waals surface area contributed by atoms with Crippen molar-refractivity contribution in [3.63, 3.8) is 0 Å². The molecule has 2 amide bonds. The van der Waals surface area contributed by atoms with Crippen LogP contribution in [0.1, 0.15) is 78.7 Å². The van der Waals surface area contributed by atoms with Crippen molar-refractivity contribution in [3.8, 4) is 0 Å². The lowest BCUT2D eigenvalue weighted by Crippen LogP contribution is -2.59. The smallest absolute Gasteiger partial charge is 0.259 e. The largest absolute Gasteiger partial charge is 0.385 e. The highest BCUT2D eigenvalue weighted by Gasteiger charge is 2.50. The van der Waals surface area contributed by atoms with Crippen molar-refractivity contribution >= 4 is 11.8 Å². The SMILES string of the molecule is CNC(=O)c1cn(CCC(C)C)cc(C(=O)N2CC[C@](O)(c3ccccc3)[C@@H]3CCCC[C@@H]32)c1=O. The molecule has 0 radical (unpaired) electrons. The number of aromatic nitrogens is 1. The van der Waals surface area contributed by atoms with Crippen molar-refractivity contribution in [2.24, 2.45) is 11.8 Å². The van der Waals surface area contributed by atoms with E-state index < -0.39 is 16.9 Å². The minimum absolute atomic E-state index is 0.0138. The molecule has 1 aliphatic carbocycles. The molecule has 7 heteroatoms. The van der Waals surface area contributed by atoms with Crippen molar-refractivity contribution in [2.45, 2.75) is 70.6 Å². The van der Waals surface area contributed by atoms with Gasteiger partial charge in [-0.15, -0.1) is 0 Å². The van der Waals surface area contributed by atoms with Gasteiger partial charge < -0.3 is 19.9 Å². The number of piperidine rings is 1. The number of nitrogens with zero attached hydrogens (tertiary/aromatic N) is 2. The Morgan fingerprint density at radius 1 is 1.11 bits per heavy atom. The van der Waals surface area contributed by atoms with Gasteiger partial charge in [0.25, 0.3) is 11.8 Å². The van der Waals surface area contributed by atoms with Crippen molar-refractivity contribution in [3.05, 3.63) is 69.6 Å². The van der Waals surface area contributed by atoms with Crippen molar-refractivity contribution in [1.82, 2.24) is 14.8 Å². The van der Waals surface area contributed by atoms with E-state index in [1.165, 1.54) is 7.05 Å². The monoisotopic (exact) mass is 479 g/mol. The van der Waals surface area contributed by atoms with E-state index in [-0.39, 0.29) is 29.0 Å². The van der Waals surface area contributed by atoms with Crippen LogP contribution in [0, 0.1) is 11.8 Å². The average Bonchev–Trinajstić information content (AvgIpc) is 2.88. The van der Waals surface area contributed by atoms with Gasteiger partial charge in [-0.25, -0.2) is 0 Å². The number of benzene rings is 1. The number of likely N-dealkylation sites (tertiary alicyclic amines) is 1. The Morgan fingerprint density at radius 3 is 2.49 bits per heavy atom. The van der Waals surface area contributed by atoms with E-state index in [9.17, 15) is 19.5 Å². The number of carbonyl (C=O) groups excluding carboxylic acids is 2. The van der Waals surface area contributed by atoms with Crippen LogP contribution in [0.15, 0.2) is 47.5 Å². The number of hydrogen-bond acceptors (Lipinski definition) is 4. The molecule has 2 N–H and O–H groups in total. The van der Waals surface area contributed by atoms with Crippen LogP contribution in [-0.4, -0.2) is 46.0 Å². The van der Waals surface area contributed by atoms with E-state index in [1.54, 1.807) is 21.9 Å². The summed E-state index contributed by atoms with van der Waals surface area (Å²) < 4.78 is 1.79. The minimum atomic E-state index is -0.995. The molecule has 2 aliphatic rings. The van der Waals surface area contributed by atoms with Gasteiger partial charge in [0.15, 0.2) is 0 Å². The highest BCUT2D eigenvalue weighted by Crippen LogP contribution is 2.47. The van der Waals surface area contributed by atoms with Gasteiger partial charge in [-0.05, 0) is 37.2 Å². The normalized spacial score (nSPS) is 24.2. The van der Waals surface area contributed by atoms with Gasteiger partial charge in [0.1, 0.15) is 11.1 Å². The number of amides is 2. The van der Waals surface area contributed by atoms with E-state index in [2.05, 4.69) is 19.2 Å². The molecule has 2 fully saturated rings. The fourth-order valence-corrected chi connectivity index (χ4v) is 5.79. The number of carbonyl (C=O) groups is 2. The van der Waals surface area contributed by atoms with Crippen LogP contribution in [0.4, 0.5) is 0 Å². The van der Waals surface area contributed by atoms with Crippen LogP contribution in [0.2, 0.25) is 0 Å². The number of rotatable bonds is 6. The van der Waals surface area contributed by atoms with Crippen LogP contribution in [-0.2, 0) is 12.1 Å². The molecule has 188 valence electrons. The maximum Gasteiger partial charge on any atom is 0.259 e. The third kappa shape index (κ3) is 4.92. The average molecular weight is 480 g/mol. The van der Waals surface area contributed by atoms with E-state index in [0.29, 0.717) is 25.4 Å². The topological polar surface area (TPSA) is 91.6 Å². The first-order valence-electron chi connectivity index (χ1n) is 12.8. The van der Waals surface area contributed by atoms with Gasteiger partial charge in [0, 0.05) is 44.5 Å². The van der Waals surface area contributed by atoms with Crippen LogP contribution < -0.4 is 10.7 Å². The number of fused-ring (bicyclic) bond motifs is 1. The van der Waals surface area contributed by atoms with E-state index in [0.717, 1.165) is 37.7 Å². The summed E-state index contributed by atoms with van der Waals surface area (Å²) in [6.07, 6.45) is 8.05. The summed E-state index contributed by atoms with van der Waals surface area (Å²) in [5.74, 6) is -0.485. The molecule has 1 saturated heterocycles. The van der Waals surface area contributed by atoms with Gasteiger partial charge in [0.05, 0.1) is 5.60 Å². The fraction of sp³-hybridized carbons (Fsp3) is 0.536. The molecule has 2 aromatic rings. The molecule has 0 unspecified atom stereocenters. The van der Waals surface area contributed by atoms with Crippen molar-refractivity contribution in [2.75, 3.05) is 13.6 Å². The standard InChI is InChI=1S/C28H37N3O4/c1-19(2)13-15-30-17-21(26(33)29-3)25(32)22(18-30)27(34)31-16-14-28(35,20-9-5-4-6-10-20)23-11-7-8-12-24(23)31/h4-6,9-10,17-19,23-24,35H,7-8,11-16H2,1-3H3,(H,29,33)/t23-,24+,28+/m1/s1. The summed E-state index contributed by atoms with van der Waals surface area (Å²) in [5.41, 5.74) is -0.623. The summed E-state index contributed by atoms with van der Waals surface area (Å²) in [6, 6.07) is 9.59. The molecule has 1 aliphatic heterocycles. The van der Waals surface area contributed by atoms with E-state index in [1.807, 2.05) is 30.3 Å². The van der Waals surface area contributed by atoms with Crippen molar-refractivity contribution < 1.29 is 14.7 Å². The molecule has 2 heterocycles. The highest BCUT2D eigenvalue weighted by atomic mass is 16.3. The summed E-state index contributed by atoms with van der Waals surface area (Å²) in [6.45, 7) is 5.20. The molecule has 35 heavy (non-hydrogen) atoms. The zero-order valence-electron chi connectivity index (χ0n) is 21.0. The minimum Gasteiger partial charge on any atom is -0.385 e. The molecule has 4 rings (SSSR count). The first-order chi connectivity index (χ1) is 16.8. The number of hydrogen-bond donors (Lipinski definition) is 2. The second kappa shape index (κ2) is 10.4. The van der Waals surface area contributed by atoms with Gasteiger partial charge in [-0.1, -0.05) is 57.0 Å². The zero-order valence-corrected chi connectivity index (χ0v) is 21.0. The first kappa shape index (κ1) is 25.2. The Labute approximate surface area is 207 Å². The maximum absolute atomic E-state index is 13.9. The lowest BCUT2D eigenvalue weighted by molar-refractivity contribution is -0.110. The second-order valence-corrected chi connectivity index (χ2v) is 10.4. The summed E-state index contributed by atoms with van der Waals surface area (Å²) in [5, 5.41) is 14.3. The number of aliphatic hydroxyl groups is 1. The quantitative estimate of drug-likeness (QED) is 0.663. The Hall–Kier alpha value is -2.93. The van der Waals surface area contributed by atoms with Gasteiger partial charge >= 0.3 is 0 Å². The van der Waals surface area contributed by atoms with Crippen LogP contribution in [0.25, 0.3) is 0 Å². The van der Waals surface area contributed by atoms with Crippen LogP contribution in [0.3, 0.4) is 0 Å². The molecule has 3 atom stereocenters. The molecule has 0 spiro atoms. The summed E-state index contributed by atoms with van der Waals surface area (Å²) in [7, 11) is 1.48. The molecular weight excluding hydrogens is 442 g/mol. The Balaban J connectivity index is 1.70. The highest BCUT2D eigenvalue weighted by molar-refractivity contribution is 5.99. The Bertz CT molecular complexity index is 1130. The van der Waals surface area contributed by atoms with E-state index >= 15 is 0 Å². The number of pyridine rings is 1. The molecule has 1 aromatic carbocycles. The lowest BCUT2D eigenvalue weighted by atomic mass is 9.66. The number of nitrogens with one attached hydrogen (secondary N) is 1. The third-order valence-electron chi connectivity index (χ3n) is 7.76. The third-order valence-corrected chi connectivity index (χ3v) is 7.76. The van der Waals surface area contributed by atoms with E-state index in [4.69, 9.17) is 0 Å². The zero-order chi connectivity index (χ0) is 25.2. The molecule has 1 aromatic heterocycles. The number of aryl methyl sites for hydroxylation is 1. The predicted octanol–water partition coefficient (Wildman–Crippen LogP) is 3.55. The first-order valence-corrected chi connectivity index (χ1v) is 12.8. The lowest BCUT2D eigenvalue weighted by Gasteiger charge is -2.52. The Morgan fingerprint density at radius 2 is 1.80 bits per heavy atom. The molecular formula is C28H37N3O4. The maximum atomic E-state index is 13.9. The predicted molar refractivity (Wildman–Crippen MR) is 135 cm³/mol. The van der Waals surface area contributed by atoms with Crippen LogP contribution >= 0.6 is 0 Å². The Kier molecular flexibility index (Phi) is 7.45.